The number of carbonyl (C=O) groups is 1. The second-order valence-corrected chi connectivity index (χ2v) is 10.9. The van der Waals surface area contributed by atoms with E-state index in [0.717, 1.165) is 44.9 Å². The minimum absolute atomic E-state index is 0.195. The summed E-state index contributed by atoms with van der Waals surface area (Å²) in [6.07, 6.45) is 45.7. The highest BCUT2D eigenvalue weighted by Gasteiger charge is 2.17. The highest BCUT2D eigenvalue weighted by Crippen LogP contribution is 2.12. The Morgan fingerprint density at radius 1 is 0.610 bits per heavy atom. The van der Waals surface area contributed by atoms with E-state index in [1.165, 1.54) is 70.6 Å². The molecule has 0 aromatic carbocycles. The lowest BCUT2D eigenvalue weighted by atomic mass is 10.0. The number of amides is 1. The van der Waals surface area contributed by atoms with Gasteiger partial charge < -0.3 is 15.5 Å². The summed E-state index contributed by atoms with van der Waals surface area (Å²) in [5, 5.41) is 22.7. The molecule has 0 heterocycles. The highest BCUT2D eigenvalue weighted by atomic mass is 16.3. The number of carbonyl (C=O) groups excluding carboxylic acids is 1. The molecule has 4 nitrogen and oxygen atoms in total. The summed E-state index contributed by atoms with van der Waals surface area (Å²) in [4.78, 5) is 12.2. The maximum Gasteiger partial charge on any atom is 0.224 e. The van der Waals surface area contributed by atoms with E-state index in [1.807, 2.05) is 18.2 Å². The van der Waals surface area contributed by atoms with E-state index in [2.05, 4.69) is 67.8 Å². The van der Waals surface area contributed by atoms with Gasteiger partial charge in [0, 0.05) is 6.42 Å². The Balaban J connectivity index is 3.85. The topological polar surface area (TPSA) is 69.6 Å². The fourth-order valence-electron chi connectivity index (χ4n) is 4.42. The first-order valence-electron chi connectivity index (χ1n) is 16.7. The second-order valence-electron chi connectivity index (χ2n) is 10.9. The molecule has 0 aliphatic heterocycles. The lowest BCUT2D eigenvalue weighted by Gasteiger charge is -2.19. The van der Waals surface area contributed by atoms with Crippen molar-refractivity contribution in [2.24, 2.45) is 0 Å². The van der Waals surface area contributed by atoms with Crippen LogP contribution < -0.4 is 5.32 Å². The van der Waals surface area contributed by atoms with Crippen molar-refractivity contribution < 1.29 is 15.0 Å². The Morgan fingerprint density at radius 2 is 1.05 bits per heavy atom. The molecule has 0 aliphatic rings. The van der Waals surface area contributed by atoms with Crippen LogP contribution in [0.5, 0.6) is 0 Å². The summed E-state index contributed by atoms with van der Waals surface area (Å²) in [7, 11) is 0. The molecule has 0 fully saturated rings. The molecule has 3 N–H and O–H groups in total. The average Bonchev–Trinajstić information content (AvgIpc) is 2.97. The standard InChI is InChI=1S/C37H63NO3/c1-3-5-7-9-11-13-15-17-19-21-23-25-27-29-31-33-37(41)38-35(34-39)36(40)32-30-28-26-24-22-20-18-16-14-12-10-8-6-4-2/h5,7,11,13,17,19,23,25,29-32,35-36,39-40H,3-4,6,8-10,12,14-16,18,20-22,24,26-28,33-34H2,1-2H3,(H,38,41)/b7-5-,13-11-,19-17-,25-23-,31-29-,32-30+. The molecule has 0 saturated carbocycles. The Kier molecular flexibility index (Phi) is 30.6. The molecule has 0 aromatic heterocycles. The van der Waals surface area contributed by atoms with Gasteiger partial charge in [0.2, 0.25) is 5.91 Å². The predicted octanol–water partition coefficient (Wildman–Crippen LogP) is 9.61. The van der Waals surface area contributed by atoms with Gasteiger partial charge in [0.05, 0.1) is 18.8 Å². The Bertz CT molecular complexity index is 747. The molecule has 0 spiro atoms. The summed E-state index contributed by atoms with van der Waals surface area (Å²) in [6.45, 7) is 4.12. The fourth-order valence-corrected chi connectivity index (χ4v) is 4.42. The maximum atomic E-state index is 12.2. The minimum Gasteiger partial charge on any atom is -0.394 e. The van der Waals surface area contributed by atoms with E-state index >= 15 is 0 Å². The van der Waals surface area contributed by atoms with Crippen molar-refractivity contribution in [3.63, 3.8) is 0 Å². The fraction of sp³-hybridized carbons (Fsp3) is 0.649. The number of rotatable bonds is 28. The third kappa shape index (κ3) is 29.1. The SMILES string of the molecule is CC/C=C\C/C=C\C/C=C\C/C=C\C/C=C\CC(=O)NC(CO)C(O)/C=C/CCCCCCCCCCCCCC. The van der Waals surface area contributed by atoms with E-state index in [0.29, 0.717) is 0 Å². The summed E-state index contributed by atoms with van der Waals surface area (Å²) in [5.41, 5.74) is 0. The molecule has 0 rings (SSSR count). The number of aliphatic hydroxyl groups excluding tert-OH is 2. The van der Waals surface area contributed by atoms with Crippen molar-refractivity contribution in [3.8, 4) is 0 Å². The zero-order valence-corrected chi connectivity index (χ0v) is 26.5. The third-order valence-electron chi connectivity index (χ3n) is 6.97. The molecule has 2 atom stereocenters. The molecular weight excluding hydrogens is 506 g/mol. The number of allylic oxidation sites excluding steroid dienone is 10. The van der Waals surface area contributed by atoms with Gasteiger partial charge in [0.25, 0.3) is 0 Å². The minimum atomic E-state index is -0.880. The second kappa shape index (κ2) is 32.3. The van der Waals surface area contributed by atoms with Crippen LogP contribution in [-0.2, 0) is 4.79 Å². The Hall–Kier alpha value is -2.17. The van der Waals surface area contributed by atoms with Gasteiger partial charge >= 0.3 is 0 Å². The van der Waals surface area contributed by atoms with E-state index in [1.54, 1.807) is 6.08 Å². The summed E-state index contributed by atoms with van der Waals surface area (Å²) in [5.74, 6) is -0.195. The lowest BCUT2D eigenvalue weighted by molar-refractivity contribution is -0.122. The van der Waals surface area contributed by atoms with Crippen LogP contribution in [0.25, 0.3) is 0 Å². The van der Waals surface area contributed by atoms with Crippen LogP contribution in [0.1, 0.15) is 136 Å². The largest absolute Gasteiger partial charge is 0.394 e. The maximum absolute atomic E-state index is 12.2. The van der Waals surface area contributed by atoms with Gasteiger partial charge in [0.1, 0.15) is 0 Å². The van der Waals surface area contributed by atoms with Gasteiger partial charge in [-0.2, -0.15) is 0 Å². The van der Waals surface area contributed by atoms with Crippen LogP contribution in [0, 0.1) is 0 Å². The van der Waals surface area contributed by atoms with Crippen LogP contribution in [0.15, 0.2) is 72.9 Å². The van der Waals surface area contributed by atoms with Crippen molar-refractivity contribution in [3.05, 3.63) is 72.9 Å². The van der Waals surface area contributed by atoms with E-state index in [9.17, 15) is 15.0 Å². The van der Waals surface area contributed by atoms with Gasteiger partial charge in [0.15, 0.2) is 0 Å². The Morgan fingerprint density at radius 3 is 1.51 bits per heavy atom. The normalized spacial score (nSPS) is 14.1. The van der Waals surface area contributed by atoms with Crippen LogP contribution in [0.4, 0.5) is 0 Å². The van der Waals surface area contributed by atoms with Gasteiger partial charge in [-0.1, -0.05) is 157 Å². The average molecular weight is 570 g/mol. The molecule has 0 radical (unpaired) electrons. The van der Waals surface area contributed by atoms with Crippen molar-refractivity contribution >= 4 is 5.91 Å². The number of hydrogen-bond donors (Lipinski definition) is 3. The molecular formula is C37H63NO3. The molecule has 1 amide bonds. The molecule has 41 heavy (non-hydrogen) atoms. The molecule has 4 heteroatoms. The lowest BCUT2D eigenvalue weighted by Crippen LogP contribution is -2.44. The van der Waals surface area contributed by atoms with Crippen LogP contribution in [-0.4, -0.2) is 34.9 Å². The molecule has 2 unspecified atom stereocenters. The molecule has 234 valence electrons. The summed E-state index contributed by atoms with van der Waals surface area (Å²) < 4.78 is 0. The van der Waals surface area contributed by atoms with Crippen molar-refractivity contribution in [1.29, 1.82) is 0 Å². The molecule has 0 aliphatic carbocycles. The Labute approximate surface area is 253 Å². The number of unbranched alkanes of at least 4 members (excludes halogenated alkanes) is 12. The van der Waals surface area contributed by atoms with Crippen LogP contribution in [0.3, 0.4) is 0 Å². The zero-order chi connectivity index (χ0) is 30.1. The van der Waals surface area contributed by atoms with Crippen LogP contribution in [0.2, 0.25) is 0 Å². The zero-order valence-electron chi connectivity index (χ0n) is 26.5. The van der Waals surface area contributed by atoms with E-state index in [-0.39, 0.29) is 18.9 Å². The summed E-state index contributed by atoms with van der Waals surface area (Å²) >= 11 is 0. The number of nitrogens with one attached hydrogen (secondary N) is 1. The predicted molar refractivity (Wildman–Crippen MR) is 179 cm³/mol. The summed E-state index contributed by atoms with van der Waals surface area (Å²) in [6, 6.07) is -0.677. The first-order valence-corrected chi connectivity index (χ1v) is 16.7. The first kappa shape index (κ1) is 38.8. The van der Waals surface area contributed by atoms with Gasteiger partial charge in [-0.25, -0.2) is 0 Å². The molecule has 0 bridgehead atoms. The first-order chi connectivity index (χ1) is 20.2. The highest BCUT2D eigenvalue weighted by molar-refractivity contribution is 5.77. The third-order valence-corrected chi connectivity index (χ3v) is 6.97. The van der Waals surface area contributed by atoms with Crippen molar-refractivity contribution in [1.82, 2.24) is 5.32 Å². The molecule has 0 saturated heterocycles. The quantitative estimate of drug-likeness (QED) is 0.0649. The molecule has 0 aromatic rings. The van der Waals surface area contributed by atoms with Gasteiger partial charge in [-0.15, -0.1) is 0 Å². The van der Waals surface area contributed by atoms with Gasteiger partial charge in [-0.3, -0.25) is 4.79 Å². The smallest absolute Gasteiger partial charge is 0.224 e. The van der Waals surface area contributed by atoms with E-state index in [4.69, 9.17) is 0 Å². The number of hydrogen-bond acceptors (Lipinski definition) is 3. The van der Waals surface area contributed by atoms with Crippen molar-refractivity contribution in [2.45, 2.75) is 148 Å². The number of aliphatic hydroxyl groups is 2. The monoisotopic (exact) mass is 569 g/mol. The van der Waals surface area contributed by atoms with E-state index < -0.39 is 12.1 Å². The van der Waals surface area contributed by atoms with Crippen LogP contribution >= 0.6 is 0 Å². The van der Waals surface area contributed by atoms with Gasteiger partial charge in [-0.05, 0) is 44.9 Å². The van der Waals surface area contributed by atoms with Crippen molar-refractivity contribution in [2.75, 3.05) is 6.61 Å².